The summed E-state index contributed by atoms with van der Waals surface area (Å²) < 4.78 is 0. The highest BCUT2D eigenvalue weighted by molar-refractivity contribution is 6.02. The Bertz CT molecular complexity index is 447. The van der Waals surface area contributed by atoms with E-state index in [9.17, 15) is 14.4 Å². The van der Waals surface area contributed by atoms with Crippen LogP contribution in [0.5, 0.6) is 0 Å². The van der Waals surface area contributed by atoms with Crippen molar-refractivity contribution < 1.29 is 24.6 Å². The van der Waals surface area contributed by atoms with Gasteiger partial charge in [0.05, 0.1) is 11.1 Å². The second kappa shape index (κ2) is 3.91. The van der Waals surface area contributed by atoms with Gasteiger partial charge in [-0.3, -0.25) is 4.79 Å². The van der Waals surface area contributed by atoms with Crippen molar-refractivity contribution in [1.29, 1.82) is 0 Å². The third-order valence-corrected chi connectivity index (χ3v) is 2.07. The molecule has 0 saturated carbocycles. The molecule has 0 unspecified atom stereocenters. The molecular weight excluding hydrogens is 200 g/mol. The van der Waals surface area contributed by atoms with Crippen LogP contribution < -0.4 is 0 Å². The Morgan fingerprint density at radius 2 is 1.80 bits per heavy atom. The van der Waals surface area contributed by atoms with Crippen LogP contribution in [0.4, 0.5) is 0 Å². The number of carbonyl (C=O) groups is 3. The number of benzene rings is 1. The maximum absolute atomic E-state index is 10.8. The van der Waals surface area contributed by atoms with E-state index in [1.54, 1.807) is 0 Å². The number of hydrogen-bond donors (Lipinski definition) is 2. The lowest BCUT2D eigenvalue weighted by Crippen LogP contribution is -2.10. The fourth-order valence-corrected chi connectivity index (χ4v) is 1.35. The van der Waals surface area contributed by atoms with Gasteiger partial charge in [-0.25, -0.2) is 9.59 Å². The van der Waals surface area contributed by atoms with E-state index in [1.165, 1.54) is 19.1 Å². The molecule has 1 aromatic carbocycles. The fourth-order valence-electron chi connectivity index (χ4n) is 1.35. The zero-order valence-corrected chi connectivity index (χ0v) is 7.85. The summed E-state index contributed by atoms with van der Waals surface area (Å²) >= 11 is 0. The molecule has 0 amide bonds. The molecule has 1 aromatic rings. The monoisotopic (exact) mass is 208 g/mol. The first kappa shape index (κ1) is 10.9. The zero-order chi connectivity index (χ0) is 11.6. The van der Waals surface area contributed by atoms with Crippen LogP contribution in [0, 0.1) is 6.92 Å². The van der Waals surface area contributed by atoms with Gasteiger partial charge in [0.2, 0.25) is 0 Å². The van der Waals surface area contributed by atoms with E-state index in [2.05, 4.69) is 0 Å². The molecule has 15 heavy (non-hydrogen) atoms. The van der Waals surface area contributed by atoms with Gasteiger partial charge in [-0.05, 0) is 24.6 Å². The quantitative estimate of drug-likeness (QED) is 0.728. The van der Waals surface area contributed by atoms with Crippen molar-refractivity contribution in [3.63, 3.8) is 0 Å². The molecule has 0 aliphatic heterocycles. The van der Waals surface area contributed by atoms with Gasteiger partial charge < -0.3 is 10.2 Å². The molecule has 0 radical (unpaired) electrons. The smallest absolute Gasteiger partial charge is 0.336 e. The molecule has 0 fully saturated rings. The van der Waals surface area contributed by atoms with Crippen LogP contribution in [0.1, 0.15) is 36.6 Å². The van der Waals surface area contributed by atoms with Crippen molar-refractivity contribution >= 4 is 18.2 Å². The summed E-state index contributed by atoms with van der Waals surface area (Å²) in [5.74, 6) is -2.52. The third-order valence-electron chi connectivity index (χ3n) is 2.07. The molecule has 0 aliphatic rings. The van der Waals surface area contributed by atoms with E-state index >= 15 is 0 Å². The van der Waals surface area contributed by atoms with E-state index in [4.69, 9.17) is 10.2 Å². The number of hydrogen-bond acceptors (Lipinski definition) is 3. The van der Waals surface area contributed by atoms with E-state index in [0.29, 0.717) is 6.29 Å². The Morgan fingerprint density at radius 3 is 2.20 bits per heavy atom. The SMILES string of the molecule is Cc1c(C(=O)O)ccc(C=O)c1C(=O)O. The van der Waals surface area contributed by atoms with E-state index in [-0.39, 0.29) is 22.3 Å². The molecule has 2 N–H and O–H groups in total. The largest absolute Gasteiger partial charge is 0.478 e. The van der Waals surface area contributed by atoms with Gasteiger partial charge in [0.25, 0.3) is 0 Å². The zero-order valence-electron chi connectivity index (χ0n) is 7.85. The number of rotatable bonds is 3. The van der Waals surface area contributed by atoms with Crippen LogP contribution in [0.3, 0.4) is 0 Å². The fraction of sp³-hybridized carbons (Fsp3) is 0.100. The van der Waals surface area contributed by atoms with Crippen molar-refractivity contribution in [3.05, 3.63) is 34.4 Å². The van der Waals surface area contributed by atoms with Crippen LogP contribution in [-0.4, -0.2) is 28.4 Å². The number of carboxylic acid groups (broad SMARTS) is 2. The molecule has 0 saturated heterocycles. The molecule has 0 spiro atoms. The van der Waals surface area contributed by atoms with E-state index in [1.807, 2.05) is 0 Å². The van der Waals surface area contributed by atoms with Crippen LogP contribution in [-0.2, 0) is 0 Å². The van der Waals surface area contributed by atoms with Crippen molar-refractivity contribution in [2.45, 2.75) is 6.92 Å². The molecule has 0 bridgehead atoms. The summed E-state index contributed by atoms with van der Waals surface area (Å²) in [6.07, 6.45) is 0.391. The minimum Gasteiger partial charge on any atom is -0.478 e. The van der Waals surface area contributed by atoms with Crippen LogP contribution in [0.2, 0.25) is 0 Å². The van der Waals surface area contributed by atoms with Gasteiger partial charge in [0, 0.05) is 5.56 Å². The molecule has 5 heteroatoms. The van der Waals surface area contributed by atoms with Gasteiger partial charge in [0.1, 0.15) is 0 Å². The molecule has 0 heterocycles. The first-order valence-electron chi connectivity index (χ1n) is 4.04. The summed E-state index contributed by atoms with van der Waals surface area (Å²) in [7, 11) is 0. The van der Waals surface area contributed by atoms with E-state index in [0.717, 1.165) is 0 Å². The number of carbonyl (C=O) groups excluding carboxylic acids is 1. The molecule has 0 aliphatic carbocycles. The summed E-state index contributed by atoms with van der Waals surface area (Å²) in [6, 6.07) is 2.40. The highest BCUT2D eigenvalue weighted by atomic mass is 16.4. The number of aromatic carboxylic acids is 2. The molecular formula is C10H8O5. The van der Waals surface area contributed by atoms with Gasteiger partial charge in [-0.1, -0.05) is 0 Å². The highest BCUT2D eigenvalue weighted by Crippen LogP contribution is 2.17. The molecule has 5 nitrogen and oxygen atoms in total. The lowest BCUT2D eigenvalue weighted by Gasteiger charge is -2.06. The van der Waals surface area contributed by atoms with Crippen LogP contribution in [0.25, 0.3) is 0 Å². The first-order valence-corrected chi connectivity index (χ1v) is 4.04. The summed E-state index contributed by atoms with van der Waals surface area (Å²) in [4.78, 5) is 32.1. The Balaban J connectivity index is 3.56. The van der Waals surface area contributed by atoms with Crippen LogP contribution >= 0.6 is 0 Å². The van der Waals surface area contributed by atoms with E-state index < -0.39 is 11.9 Å². The predicted molar refractivity (Wildman–Crippen MR) is 50.5 cm³/mol. The Morgan fingerprint density at radius 1 is 1.20 bits per heavy atom. The summed E-state index contributed by atoms with van der Waals surface area (Å²) in [5.41, 5.74) is -0.312. The molecule has 78 valence electrons. The topological polar surface area (TPSA) is 91.7 Å². The second-order valence-electron chi connectivity index (χ2n) is 2.93. The van der Waals surface area contributed by atoms with Crippen molar-refractivity contribution in [1.82, 2.24) is 0 Å². The maximum Gasteiger partial charge on any atom is 0.336 e. The Labute approximate surface area is 85.0 Å². The molecule has 0 atom stereocenters. The van der Waals surface area contributed by atoms with Gasteiger partial charge >= 0.3 is 11.9 Å². The molecule has 0 aromatic heterocycles. The van der Waals surface area contributed by atoms with Crippen molar-refractivity contribution in [2.24, 2.45) is 0 Å². The second-order valence-corrected chi connectivity index (χ2v) is 2.93. The number of carboxylic acids is 2. The molecule has 1 rings (SSSR count). The first-order chi connectivity index (χ1) is 6.99. The minimum atomic E-state index is -1.31. The van der Waals surface area contributed by atoms with Crippen molar-refractivity contribution in [3.8, 4) is 0 Å². The number of aldehydes is 1. The lowest BCUT2D eigenvalue weighted by molar-refractivity contribution is 0.0693. The standard InChI is InChI=1S/C10H8O5/c1-5-7(9(12)13)3-2-6(4-11)8(5)10(14)15/h2-4H,1H3,(H,12,13)(H,14,15). The lowest BCUT2D eigenvalue weighted by atomic mass is 9.97. The Kier molecular flexibility index (Phi) is 2.85. The van der Waals surface area contributed by atoms with Crippen LogP contribution in [0.15, 0.2) is 12.1 Å². The normalized spacial score (nSPS) is 9.67. The predicted octanol–water partition coefficient (Wildman–Crippen LogP) is 1.20. The average molecular weight is 208 g/mol. The maximum atomic E-state index is 10.8. The van der Waals surface area contributed by atoms with Crippen molar-refractivity contribution in [2.75, 3.05) is 0 Å². The van der Waals surface area contributed by atoms with Gasteiger partial charge in [-0.15, -0.1) is 0 Å². The third kappa shape index (κ3) is 1.85. The highest BCUT2D eigenvalue weighted by Gasteiger charge is 2.18. The summed E-state index contributed by atoms with van der Waals surface area (Å²) in [5, 5.41) is 17.6. The Hall–Kier alpha value is -2.17. The van der Waals surface area contributed by atoms with Gasteiger partial charge in [0.15, 0.2) is 6.29 Å². The summed E-state index contributed by atoms with van der Waals surface area (Å²) in [6.45, 7) is 1.36. The minimum absolute atomic E-state index is 0.0231. The van der Waals surface area contributed by atoms with Gasteiger partial charge in [-0.2, -0.15) is 0 Å². The average Bonchev–Trinajstić information content (AvgIpc) is 2.15.